The van der Waals surface area contributed by atoms with Crippen molar-refractivity contribution in [2.75, 3.05) is 31.3 Å². The van der Waals surface area contributed by atoms with Gasteiger partial charge in [-0.05, 0) is 57.0 Å². The molecule has 0 fully saturated rings. The molecule has 192 valence electrons. The highest BCUT2D eigenvalue weighted by Crippen LogP contribution is 2.48. The largest absolute Gasteiger partial charge is 0.377 e. The third-order valence-electron chi connectivity index (χ3n) is 5.53. The molecule has 0 spiro atoms. The second-order valence-corrected chi connectivity index (χ2v) is 10.8. The summed E-state index contributed by atoms with van der Waals surface area (Å²) in [5, 5.41) is 3.75. The first kappa shape index (κ1) is 28.1. The Morgan fingerprint density at radius 1 is 0.944 bits per heavy atom. The molecule has 0 aromatic heterocycles. The Bertz CT molecular complexity index is 1210. The summed E-state index contributed by atoms with van der Waals surface area (Å²) in [6, 6.07) is 20.6. The van der Waals surface area contributed by atoms with Gasteiger partial charge in [-0.3, -0.25) is 9.36 Å². The number of halogens is 1. The van der Waals surface area contributed by atoms with Gasteiger partial charge in [0, 0.05) is 34.7 Å². The molecule has 0 atom stereocenters. The maximum absolute atomic E-state index is 13.0. The Morgan fingerprint density at radius 2 is 1.64 bits per heavy atom. The van der Waals surface area contributed by atoms with Gasteiger partial charge in [0.15, 0.2) is 5.78 Å². The SMILES string of the molecule is CCOP(=O)(CCCOCc1ccccc1Nc1ccc(C(=O)c2ccccc2C)c(Cl)c1)OCC. The van der Waals surface area contributed by atoms with E-state index >= 15 is 0 Å². The van der Waals surface area contributed by atoms with Crippen LogP contribution in [0.25, 0.3) is 0 Å². The van der Waals surface area contributed by atoms with E-state index in [0.717, 1.165) is 22.5 Å². The molecule has 0 aliphatic heterocycles. The summed E-state index contributed by atoms with van der Waals surface area (Å²) in [4.78, 5) is 13.0. The highest BCUT2D eigenvalue weighted by Gasteiger charge is 2.22. The van der Waals surface area contributed by atoms with Crippen LogP contribution < -0.4 is 5.32 Å². The molecular weight excluding hydrogens is 497 g/mol. The Balaban J connectivity index is 1.61. The minimum absolute atomic E-state index is 0.100. The molecule has 3 rings (SSSR count). The van der Waals surface area contributed by atoms with Crippen LogP contribution in [0.3, 0.4) is 0 Å². The lowest BCUT2D eigenvalue weighted by Gasteiger charge is -2.17. The van der Waals surface area contributed by atoms with Gasteiger partial charge < -0.3 is 19.1 Å². The topological polar surface area (TPSA) is 73.9 Å². The lowest BCUT2D eigenvalue weighted by molar-refractivity contribution is 0.103. The summed E-state index contributed by atoms with van der Waals surface area (Å²) in [6.07, 6.45) is 0.888. The van der Waals surface area contributed by atoms with Crippen LogP contribution in [0.4, 0.5) is 11.4 Å². The molecule has 3 aromatic rings. The Kier molecular flexibility index (Phi) is 10.7. The van der Waals surface area contributed by atoms with Gasteiger partial charge in [-0.15, -0.1) is 0 Å². The maximum Gasteiger partial charge on any atom is 0.330 e. The van der Waals surface area contributed by atoms with Crippen LogP contribution in [0.5, 0.6) is 0 Å². The van der Waals surface area contributed by atoms with Crippen molar-refractivity contribution in [1.82, 2.24) is 0 Å². The summed E-state index contributed by atoms with van der Waals surface area (Å²) in [5.74, 6) is -0.100. The number of para-hydroxylation sites is 1. The number of aryl methyl sites for hydroxylation is 1. The van der Waals surface area contributed by atoms with Gasteiger partial charge in [-0.2, -0.15) is 0 Å². The van der Waals surface area contributed by atoms with Crippen molar-refractivity contribution in [2.45, 2.75) is 33.8 Å². The van der Waals surface area contributed by atoms with E-state index in [4.69, 9.17) is 25.4 Å². The Hall–Kier alpha value is -2.47. The summed E-state index contributed by atoms with van der Waals surface area (Å²) in [5.41, 5.74) is 4.62. The van der Waals surface area contributed by atoms with Crippen molar-refractivity contribution in [3.63, 3.8) is 0 Å². The molecule has 0 bridgehead atoms. The van der Waals surface area contributed by atoms with E-state index in [1.165, 1.54) is 0 Å². The predicted octanol–water partition coefficient (Wildman–Crippen LogP) is 7.80. The standard InChI is InChI=1S/C28H33ClNO5P/c1-4-34-36(32,35-5-2)18-10-17-33-20-22-12-7-9-14-27(22)30-23-15-16-25(26(29)19-23)28(31)24-13-8-6-11-21(24)3/h6-9,11-16,19,30H,4-5,10,17-18,20H2,1-3H3. The van der Waals surface area contributed by atoms with Gasteiger partial charge in [0.1, 0.15) is 0 Å². The van der Waals surface area contributed by atoms with E-state index in [0.29, 0.717) is 55.2 Å². The molecule has 0 aliphatic rings. The second kappa shape index (κ2) is 13.7. The summed E-state index contributed by atoms with van der Waals surface area (Å²) >= 11 is 6.50. The zero-order chi connectivity index (χ0) is 26.0. The van der Waals surface area contributed by atoms with Gasteiger partial charge >= 0.3 is 7.60 Å². The van der Waals surface area contributed by atoms with Crippen LogP contribution in [0.2, 0.25) is 5.02 Å². The monoisotopic (exact) mass is 529 g/mol. The second-order valence-electron chi connectivity index (χ2n) is 8.20. The smallest absolute Gasteiger partial charge is 0.330 e. The fourth-order valence-electron chi connectivity index (χ4n) is 3.78. The van der Waals surface area contributed by atoms with Gasteiger partial charge in [-0.25, -0.2) is 0 Å². The first-order valence-corrected chi connectivity index (χ1v) is 14.2. The molecular formula is C28H33ClNO5P. The van der Waals surface area contributed by atoms with Crippen molar-refractivity contribution < 1.29 is 23.1 Å². The number of ether oxygens (including phenoxy) is 1. The van der Waals surface area contributed by atoms with Crippen LogP contribution in [0.1, 0.15) is 47.3 Å². The van der Waals surface area contributed by atoms with Crippen LogP contribution in [-0.2, 0) is 25.0 Å². The summed E-state index contributed by atoms with van der Waals surface area (Å²) in [7, 11) is -3.05. The highest BCUT2D eigenvalue weighted by molar-refractivity contribution is 7.53. The van der Waals surface area contributed by atoms with Crippen molar-refractivity contribution in [1.29, 1.82) is 0 Å². The van der Waals surface area contributed by atoms with E-state index in [9.17, 15) is 9.36 Å². The summed E-state index contributed by atoms with van der Waals surface area (Å²) < 4.78 is 29.0. The first-order chi connectivity index (χ1) is 17.4. The third-order valence-corrected chi connectivity index (χ3v) is 8.01. The number of nitrogens with one attached hydrogen (secondary N) is 1. The number of hydrogen-bond donors (Lipinski definition) is 1. The third kappa shape index (κ3) is 7.76. The van der Waals surface area contributed by atoms with Crippen molar-refractivity contribution in [2.24, 2.45) is 0 Å². The normalized spacial score (nSPS) is 11.4. The van der Waals surface area contributed by atoms with Crippen LogP contribution in [0, 0.1) is 6.92 Å². The number of ketones is 1. The van der Waals surface area contributed by atoms with E-state index in [-0.39, 0.29) is 5.78 Å². The Morgan fingerprint density at radius 3 is 2.33 bits per heavy atom. The number of carbonyl (C=O) groups is 1. The van der Waals surface area contributed by atoms with Gasteiger partial charge in [-0.1, -0.05) is 54.1 Å². The molecule has 0 saturated heterocycles. The first-order valence-electron chi connectivity index (χ1n) is 12.1. The van der Waals surface area contributed by atoms with Gasteiger partial charge in [0.05, 0.1) is 31.0 Å². The molecule has 0 heterocycles. The van der Waals surface area contributed by atoms with Gasteiger partial charge in [0.25, 0.3) is 0 Å². The quantitative estimate of drug-likeness (QED) is 0.130. The molecule has 8 heteroatoms. The molecule has 0 radical (unpaired) electrons. The van der Waals surface area contributed by atoms with E-state index in [2.05, 4.69) is 5.32 Å². The molecule has 0 aliphatic carbocycles. The summed E-state index contributed by atoms with van der Waals surface area (Å²) in [6.45, 7) is 7.02. The molecule has 0 amide bonds. The average molecular weight is 530 g/mol. The number of rotatable bonds is 14. The maximum atomic E-state index is 13.0. The zero-order valence-electron chi connectivity index (χ0n) is 21.0. The Labute approximate surface area is 218 Å². The van der Waals surface area contributed by atoms with Crippen molar-refractivity contribution in [3.05, 3.63) is 94.0 Å². The van der Waals surface area contributed by atoms with Crippen LogP contribution >= 0.6 is 19.2 Å². The highest BCUT2D eigenvalue weighted by atomic mass is 35.5. The number of carbonyl (C=O) groups excluding carboxylic acids is 1. The van der Waals surface area contributed by atoms with E-state index < -0.39 is 7.60 Å². The zero-order valence-corrected chi connectivity index (χ0v) is 22.6. The van der Waals surface area contributed by atoms with Crippen molar-refractivity contribution in [3.8, 4) is 0 Å². The lowest BCUT2D eigenvalue weighted by Crippen LogP contribution is -2.05. The molecule has 3 aromatic carbocycles. The average Bonchev–Trinajstić information content (AvgIpc) is 2.85. The number of anilines is 2. The number of benzene rings is 3. The number of hydrogen-bond acceptors (Lipinski definition) is 6. The molecule has 0 saturated carbocycles. The molecule has 6 nitrogen and oxygen atoms in total. The molecule has 0 unspecified atom stereocenters. The fraction of sp³-hybridized carbons (Fsp3) is 0.321. The fourth-order valence-corrected chi connectivity index (χ4v) is 5.68. The van der Waals surface area contributed by atoms with Gasteiger partial charge in [0.2, 0.25) is 0 Å². The molecule has 36 heavy (non-hydrogen) atoms. The van der Waals surface area contributed by atoms with Crippen LogP contribution in [-0.4, -0.2) is 31.8 Å². The van der Waals surface area contributed by atoms with Crippen molar-refractivity contribution >= 4 is 36.4 Å². The van der Waals surface area contributed by atoms with E-state index in [1.54, 1.807) is 26.0 Å². The minimum Gasteiger partial charge on any atom is -0.377 e. The molecule has 1 N–H and O–H groups in total. The van der Waals surface area contributed by atoms with E-state index in [1.807, 2.05) is 61.5 Å². The predicted molar refractivity (Wildman–Crippen MR) is 146 cm³/mol. The van der Waals surface area contributed by atoms with Crippen LogP contribution in [0.15, 0.2) is 66.7 Å². The minimum atomic E-state index is -3.05. The lowest BCUT2D eigenvalue weighted by atomic mass is 9.99.